The van der Waals surface area contributed by atoms with E-state index in [1.54, 1.807) is 6.92 Å². The van der Waals surface area contributed by atoms with Gasteiger partial charge >= 0.3 is 0 Å². The number of benzene rings is 2. The Morgan fingerprint density at radius 2 is 1.79 bits per heavy atom. The molecule has 1 atom stereocenters. The minimum absolute atomic E-state index is 0.455. The number of hydrogen-bond donors (Lipinski definition) is 2. The second-order valence-corrected chi connectivity index (χ2v) is 5.04. The van der Waals surface area contributed by atoms with Crippen molar-refractivity contribution in [3.63, 3.8) is 0 Å². The first-order valence-corrected chi connectivity index (χ1v) is 6.65. The topological polar surface area (TPSA) is 32.3 Å². The molecule has 2 nitrogen and oxygen atoms in total. The number of aliphatic hydroxyl groups is 1. The zero-order chi connectivity index (χ0) is 13.8. The fourth-order valence-electron chi connectivity index (χ4n) is 2.13. The average molecular weight is 255 g/mol. The molecule has 0 radical (unpaired) electrons. The lowest BCUT2D eigenvalue weighted by atomic mass is 10.1. The van der Waals surface area contributed by atoms with Gasteiger partial charge in [0.15, 0.2) is 0 Å². The van der Waals surface area contributed by atoms with Crippen molar-refractivity contribution < 1.29 is 5.11 Å². The van der Waals surface area contributed by atoms with Crippen LogP contribution in [0.2, 0.25) is 0 Å². The van der Waals surface area contributed by atoms with Gasteiger partial charge in [0.05, 0.1) is 6.10 Å². The number of aryl methyl sites for hydroxylation is 2. The smallest absolute Gasteiger partial charge is 0.0781 e. The number of aliphatic hydroxyl groups excluding tert-OH is 1. The largest absolute Gasteiger partial charge is 0.389 e. The minimum atomic E-state index is -0.455. The summed E-state index contributed by atoms with van der Waals surface area (Å²) in [5.74, 6) is 0. The molecule has 0 spiro atoms. The van der Waals surface area contributed by atoms with Crippen molar-refractivity contribution in [2.75, 3.05) is 5.32 Å². The van der Waals surface area contributed by atoms with Crippen molar-refractivity contribution in [3.05, 3.63) is 64.7 Å². The van der Waals surface area contributed by atoms with Crippen molar-refractivity contribution in [2.24, 2.45) is 0 Å². The molecule has 0 fully saturated rings. The number of anilines is 1. The van der Waals surface area contributed by atoms with E-state index in [9.17, 15) is 5.11 Å². The maximum atomic E-state index is 9.74. The van der Waals surface area contributed by atoms with E-state index in [4.69, 9.17) is 0 Å². The zero-order valence-corrected chi connectivity index (χ0v) is 11.8. The molecule has 0 aromatic heterocycles. The van der Waals surface area contributed by atoms with Crippen LogP contribution in [0.3, 0.4) is 0 Å². The Kier molecular flexibility index (Phi) is 4.23. The summed E-state index contributed by atoms with van der Waals surface area (Å²) in [7, 11) is 0. The summed E-state index contributed by atoms with van der Waals surface area (Å²) in [6, 6.07) is 14.4. The van der Waals surface area contributed by atoms with Gasteiger partial charge in [-0.15, -0.1) is 0 Å². The molecule has 2 aromatic rings. The second kappa shape index (κ2) is 5.89. The summed E-state index contributed by atoms with van der Waals surface area (Å²) in [4.78, 5) is 0. The van der Waals surface area contributed by atoms with Crippen LogP contribution in [0, 0.1) is 13.8 Å². The van der Waals surface area contributed by atoms with Crippen LogP contribution in [0.1, 0.15) is 35.3 Å². The van der Waals surface area contributed by atoms with E-state index in [0.29, 0.717) is 0 Å². The highest BCUT2D eigenvalue weighted by molar-refractivity contribution is 5.52. The molecule has 0 heterocycles. The predicted molar refractivity (Wildman–Crippen MR) is 80.3 cm³/mol. The molecule has 0 bridgehead atoms. The van der Waals surface area contributed by atoms with Crippen molar-refractivity contribution in [2.45, 2.75) is 33.4 Å². The first-order valence-electron chi connectivity index (χ1n) is 6.65. The molecule has 2 aromatic carbocycles. The van der Waals surface area contributed by atoms with Gasteiger partial charge in [-0.1, -0.05) is 36.4 Å². The molecule has 0 aliphatic rings. The van der Waals surface area contributed by atoms with E-state index in [-0.39, 0.29) is 0 Å². The minimum Gasteiger partial charge on any atom is -0.389 e. The first kappa shape index (κ1) is 13.6. The summed E-state index contributed by atoms with van der Waals surface area (Å²) in [6.45, 7) is 6.80. The van der Waals surface area contributed by atoms with Gasteiger partial charge < -0.3 is 10.4 Å². The molecule has 2 N–H and O–H groups in total. The molecule has 100 valence electrons. The zero-order valence-electron chi connectivity index (χ0n) is 11.8. The van der Waals surface area contributed by atoms with Gasteiger partial charge in [0.2, 0.25) is 0 Å². The maximum absolute atomic E-state index is 9.74. The van der Waals surface area contributed by atoms with Gasteiger partial charge in [-0.25, -0.2) is 0 Å². The van der Waals surface area contributed by atoms with Crippen LogP contribution in [0.4, 0.5) is 5.69 Å². The lowest BCUT2D eigenvalue weighted by Gasteiger charge is -2.14. The van der Waals surface area contributed by atoms with E-state index >= 15 is 0 Å². The molecule has 0 aliphatic heterocycles. The van der Waals surface area contributed by atoms with Crippen LogP contribution in [0.5, 0.6) is 0 Å². The number of rotatable bonds is 4. The van der Waals surface area contributed by atoms with Gasteiger partial charge in [-0.05, 0) is 43.5 Å². The molecular weight excluding hydrogens is 234 g/mol. The molecule has 0 saturated heterocycles. The number of para-hydroxylation sites is 1. The lowest BCUT2D eigenvalue weighted by molar-refractivity contribution is 0.200. The first-order chi connectivity index (χ1) is 9.08. The van der Waals surface area contributed by atoms with Crippen molar-refractivity contribution in [1.82, 2.24) is 0 Å². The standard InChI is InChI=1S/C17H21NO/c1-12-8-9-15(10-13(12)2)11-18-17-7-5-4-6-16(17)14(3)19/h4-10,14,18-19H,11H2,1-3H3. The summed E-state index contributed by atoms with van der Waals surface area (Å²) in [5, 5.41) is 13.1. The Labute approximate surface area is 115 Å². The third-order valence-corrected chi connectivity index (χ3v) is 3.47. The van der Waals surface area contributed by atoms with Gasteiger partial charge in [-0.3, -0.25) is 0 Å². The van der Waals surface area contributed by atoms with Gasteiger partial charge in [-0.2, -0.15) is 0 Å². The van der Waals surface area contributed by atoms with Gasteiger partial charge in [0.1, 0.15) is 0 Å². The van der Waals surface area contributed by atoms with E-state index in [0.717, 1.165) is 17.8 Å². The third kappa shape index (κ3) is 3.36. The van der Waals surface area contributed by atoms with Crippen LogP contribution in [0.25, 0.3) is 0 Å². The maximum Gasteiger partial charge on any atom is 0.0781 e. The van der Waals surface area contributed by atoms with Crippen molar-refractivity contribution in [1.29, 1.82) is 0 Å². The Bertz CT molecular complexity index is 561. The SMILES string of the molecule is Cc1ccc(CNc2ccccc2C(C)O)cc1C. The molecule has 1 unspecified atom stereocenters. The Hall–Kier alpha value is -1.80. The summed E-state index contributed by atoms with van der Waals surface area (Å²) in [6.07, 6.45) is -0.455. The second-order valence-electron chi connectivity index (χ2n) is 5.04. The van der Waals surface area contributed by atoms with Crippen LogP contribution in [-0.2, 0) is 6.54 Å². The fourth-order valence-corrected chi connectivity index (χ4v) is 2.13. The van der Waals surface area contributed by atoms with Gasteiger partial charge in [0.25, 0.3) is 0 Å². The quantitative estimate of drug-likeness (QED) is 0.866. The molecule has 0 aliphatic carbocycles. The van der Waals surface area contributed by atoms with Crippen molar-refractivity contribution >= 4 is 5.69 Å². The van der Waals surface area contributed by atoms with Crippen LogP contribution in [-0.4, -0.2) is 5.11 Å². The highest BCUT2D eigenvalue weighted by Crippen LogP contribution is 2.23. The lowest BCUT2D eigenvalue weighted by Crippen LogP contribution is -2.04. The Morgan fingerprint density at radius 1 is 1.05 bits per heavy atom. The normalized spacial score (nSPS) is 12.2. The summed E-state index contributed by atoms with van der Waals surface area (Å²) in [5.41, 5.74) is 5.81. The molecule has 0 amide bonds. The average Bonchev–Trinajstić information content (AvgIpc) is 2.40. The highest BCUT2D eigenvalue weighted by atomic mass is 16.3. The molecule has 19 heavy (non-hydrogen) atoms. The summed E-state index contributed by atoms with van der Waals surface area (Å²) < 4.78 is 0. The number of hydrogen-bond acceptors (Lipinski definition) is 2. The molecule has 2 rings (SSSR count). The summed E-state index contributed by atoms with van der Waals surface area (Å²) >= 11 is 0. The van der Waals surface area contributed by atoms with Crippen LogP contribution >= 0.6 is 0 Å². The highest BCUT2D eigenvalue weighted by Gasteiger charge is 2.06. The molecule has 2 heteroatoms. The monoisotopic (exact) mass is 255 g/mol. The van der Waals surface area contributed by atoms with E-state index in [2.05, 4.69) is 37.4 Å². The van der Waals surface area contributed by atoms with Gasteiger partial charge in [0, 0.05) is 17.8 Å². The fraction of sp³-hybridized carbons (Fsp3) is 0.294. The third-order valence-electron chi connectivity index (χ3n) is 3.47. The predicted octanol–water partition coefficient (Wildman–Crippen LogP) is 3.97. The molecule has 0 saturated carbocycles. The van der Waals surface area contributed by atoms with Crippen LogP contribution < -0.4 is 5.32 Å². The Morgan fingerprint density at radius 3 is 2.47 bits per heavy atom. The molecular formula is C17H21NO. The van der Waals surface area contributed by atoms with Crippen molar-refractivity contribution in [3.8, 4) is 0 Å². The van der Waals surface area contributed by atoms with E-state index in [1.807, 2.05) is 24.3 Å². The van der Waals surface area contributed by atoms with E-state index < -0.39 is 6.10 Å². The number of nitrogens with one attached hydrogen (secondary N) is 1. The Balaban J connectivity index is 2.12. The van der Waals surface area contributed by atoms with E-state index in [1.165, 1.54) is 16.7 Å². The van der Waals surface area contributed by atoms with Crippen LogP contribution in [0.15, 0.2) is 42.5 Å².